The van der Waals surface area contributed by atoms with E-state index in [1.54, 1.807) is 0 Å². The molecule has 0 N–H and O–H groups in total. The van der Waals surface area contributed by atoms with Crippen LogP contribution in [0.2, 0.25) is 5.02 Å². The highest BCUT2D eigenvalue weighted by molar-refractivity contribution is 9.08. The van der Waals surface area contributed by atoms with E-state index in [9.17, 15) is 0 Å². The van der Waals surface area contributed by atoms with E-state index in [-0.39, 0.29) is 5.41 Å². The molecule has 0 atom stereocenters. The lowest BCUT2D eigenvalue weighted by atomic mass is 9.82. The van der Waals surface area contributed by atoms with Crippen LogP contribution >= 0.6 is 27.5 Å². The molecule has 0 aliphatic carbocycles. The minimum Gasteiger partial charge on any atom is -0.457 e. The molecule has 0 aliphatic heterocycles. The van der Waals surface area contributed by atoms with Gasteiger partial charge in [-0.05, 0) is 47.7 Å². The van der Waals surface area contributed by atoms with Crippen LogP contribution in [-0.2, 0) is 10.7 Å². The molecule has 2 aromatic carbocycles. The molecule has 0 spiro atoms. The quantitative estimate of drug-likeness (QED) is 0.533. The number of ether oxygens (including phenoxy) is 1. The zero-order valence-corrected chi connectivity index (χ0v) is 15.0. The Balaban J connectivity index is 2.21. The van der Waals surface area contributed by atoms with Crippen LogP contribution in [0.5, 0.6) is 11.5 Å². The Hall–Kier alpha value is -0.990. The fourth-order valence-electron chi connectivity index (χ4n) is 2.06. The van der Waals surface area contributed by atoms with Gasteiger partial charge in [-0.3, -0.25) is 0 Å². The lowest BCUT2D eigenvalue weighted by Gasteiger charge is -2.23. The molecule has 0 bridgehead atoms. The summed E-state index contributed by atoms with van der Waals surface area (Å²) < 4.78 is 5.97. The highest BCUT2D eigenvalue weighted by Crippen LogP contribution is 2.32. The van der Waals surface area contributed by atoms with E-state index in [1.807, 2.05) is 30.3 Å². The maximum absolute atomic E-state index is 6.01. The Morgan fingerprint density at radius 2 is 1.76 bits per heavy atom. The number of hydrogen-bond acceptors (Lipinski definition) is 1. The molecule has 0 saturated carbocycles. The summed E-state index contributed by atoms with van der Waals surface area (Å²) in [4.78, 5) is 0. The zero-order chi connectivity index (χ0) is 15.5. The van der Waals surface area contributed by atoms with Crippen LogP contribution in [0.15, 0.2) is 42.5 Å². The molecule has 0 aromatic heterocycles. The van der Waals surface area contributed by atoms with Gasteiger partial charge in [-0.25, -0.2) is 0 Å². The monoisotopic (exact) mass is 366 g/mol. The molecule has 0 unspecified atom stereocenters. The largest absolute Gasteiger partial charge is 0.457 e. The van der Waals surface area contributed by atoms with Crippen LogP contribution in [0.4, 0.5) is 0 Å². The van der Waals surface area contributed by atoms with Crippen molar-refractivity contribution in [2.75, 3.05) is 0 Å². The predicted octanol–water partition coefficient (Wildman–Crippen LogP) is 6.71. The molecule has 0 aliphatic rings. The van der Waals surface area contributed by atoms with Crippen molar-refractivity contribution in [1.82, 2.24) is 0 Å². The van der Waals surface area contributed by atoms with E-state index >= 15 is 0 Å². The molecule has 0 amide bonds. The SMILES string of the molecule is CCC(C)(C)c1ccc(Oc2ccc(Cl)cc2CBr)cc1. The first kappa shape index (κ1) is 16.4. The van der Waals surface area contributed by atoms with Crippen LogP contribution < -0.4 is 4.74 Å². The third kappa shape index (κ3) is 4.02. The Kier molecular flexibility index (Phi) is 5.34. The van der Waals surface area contributed by atoms with Gasteiger partial charge in [0.25, 0.3) is 0 Å². The minimum atomic E-state index is 0.194. The highest BCUT2D eigenvalue weighted by atomic mass is 79.9. The van der Waals surface area contributed by atoms with E-state index in [1.165, 1.54) is 5.56 Å². The van der Waals surface area contributed by atoms with Gasteiger partial charge in [0.05, 0.1) is 0 Å². The topological polar surface area (TPSA) is 9.23 Å². The maximum atomic E-state index is 6.01. The van der Waals surface area contributed by atoms with Gasteiger partial charge in [-0.1, -0.05) is 60.4 Å². The van der Waals surface area contributed by atoms with Gasteiger partial charge >= 0.3 is 0 Å². The van der Waals surface area contributed by atoms with Crippen LogP contribution in [0, 0.1) is 0 Å². The van der Waals surface area contributed by atoms with Crippen molar-refractivity contribution in [2.24, 2.45) is 0 Å². The molecule has 112 valence electrons. The number of rotatable bonds is 5. The van der Waals surface area contributed by atoms with Crippen molar-refractivity contribution in [3.8, 4) is 11.5 Å². The lowest BCUT2D eigenvalue weighted by Crippen LogP contribution is -2.14. The fraction of sp³-hybridized carbons (Fsp3) is 0.333. The lowest BCUT2D eigenvalue weighted by molar-refractivity contribution is 0.474. The molecule has 1 nitrogen and oxygen atoms in total. The standard InChI is InChI=1S/C18H20BrClO/c1-4-18(2,3)14-5-8-16(9-6-14)21-17-10-7-15(20)11-13(17)12-19/h5-11H,4,12H2,1-3H3. The first-order chi connectivity index (χ1) is 9.96. The fourth-order valence-corrected chi connectivity index (χ4v) is 2.69. The molecule has 0 heterocycles. The first-order valence-electron chi connectivity index (χ1n) is 7.09. The Labute approximate surface area is 140 Å². The Morgan fingerprint density at radius 3 is 2.33 bits per heavy atom. The van der Waals surface area contributed by atoms with E-state index in [2.05, 4.69) is 48.8 Å². The summed E-state index contributed by atoms with van der Waals surface area (Å²) in [5, 5.41) is 1.43. The first-order valence-corrected chi connectivity index (χ1v) is 8.59. The van der Waals surface area contributed by atoms with Gasteiger partial charge in [-0.15, -0.1) is 0 Å². The molecule has 0 radical (unpaired) electrons. The second-order valence-electron chi connectivity index (χ2n) is 5.75. The summed E-state index contributed by atoms with van der Waals surface area (Å²) in [6.07, 6.45) is 1.11. The van der Waals surface area contributed by atoms with Gasteiger partial charge in [0.2, 0.25) is 0 Å². The molecule has 2 aromatic rings. The summed E-state index contributed by atoms with van der Waals surface area (Å²) >= 11 is 9.47. The number of alkyl halides is 1. The Morgan fingerprint density at radius 1 is 1.10 bits per heavy atom. The molecule has 2 rings (SSSR count). The maximum Gasteiger partial charge on any atom is 0.131 e. The average Bonchev–Trinajstić information content (AvgIpc) is 2.49. The van der Waals surface area contributed by atoms with E-state index in [0.29, 0.717) is 5.33 Å². The van der Waals surface area contributed by atoms with Gasteiger partial charge in [0.15, 0.2) is 0 Å². The molecular weight excluding hydrogens is 348 g/mol. The normalized spacial score (nSPS) is 11.5. The summed E-state index contributed by atoms with van der Waals surface area (Å²) in [6, 6.07) is 14.0. The smallest absolute Gasteiger partial charge is 0.131 e. The van der Waals surface area contributed by atoms with Crippen molar-refractivity contribution >= 4 is 27.5 Å². The van der Waals surface area contributed by atoms with Crippen LogP contribution in [0.1, 0.15) is 38.3 Å². The van der Waals surface area contributed by atoms with Crippen molar-refractivity contribution in [3.63, 3.8) is 0 Å². The van der Waals surface area contributed by atoms with E-state index in [4.69, 9.17) is 16.3 Å². The molecule has 3 heteroatoms. The number of halogens is 2. The third-order valence-electron chi connectivity index (χ3n) is 3.91. The van der Waals surface area contributed by atoms with Crippen molar-refractivity contribution in [1.29, 1.82) is 0 Å². The second-order valence-corrected chi connectivity index (χ2v) is 6.75. The highest BCUT2D eigenvalue weighted by Gasteiger charge is 2.17. The summed E-state index contributed by atoms with van der Waals surface area (Å²) in [6.45, 7) is 6.72. The van der Waals surface area contributed by atoms with Gasteiger partial charge in [0.1, 0.15) is 11.5 Å². The van der Waals surface area contributed by atoms with Gasteiger partial charge < -0.3 is 4.74 Å². The third-order valence-corrected chi connectivity index (χ3v) is 4.75. The van der Waals surface area contributed by atoms with E-state index < -0.39 is 0 Å². The molecular formula is C18H20BrClO. The molecule has 0 fully saturated rings. The van der Waals surface area contributed by atoms with Gasteiger partial charge in [0, 0.05) is 15.9 Å². The molecule has 21 heavy (non-hydrogen) atoms. The van der Waals surface area contributed by atoms with Crippen LogP contribution in [-0.4, -0.2) is 0 Å². The van der Waals surface area contributed by atoms with Crippen molar-refractivity contribution < 1.29 is 4.74 Å². The summed E-state index contributed by atoms with van der Waals surface area (Å²) in [7, 11) is 0. The zero-order valence-electron chi connectivity index (χ0n) is 12.6. The number of benzene rings is 2. The van der Waals surface area contributed by atoms with Gasteiger partial charge in [-0.2, -0.15) is 0 Å². The number of hydrogen-bond donors (Lipinski definition) is 0. The van der Waals surface area contributed by atoms with Crippen LogP contribution in [0.25, 0.3) is 0 Å². The summed E-state index contributed by atoms with van der Waals surface area (Å²) in [5.74, 6) is 1.67. The molecule has 0 saturated heterocycles. The average molecular weight is 368 g/mol. The van der Waals surface area contributed by atoms with E-state index in [0.717, 1.165) is 28.5 Å². The van der Waals surface area contributed by atoms with Crippen molar-refractivity contribution in [3.05, 3.63) is 58.6 Å². The summed E-state index contributed by atoms with van der Waals surface area (Å²) in [5.41, 5.74) is 2.56. The predicted molar refractivity (Wildman–Crippen MR) is 93.9 cm³/mol. The van der Waals surface area contributed by atoms with Crippen LogP contribution in [0.3, 0.4) is 0 Å². The van der Waals surface area contributed by atoms with Crippen molar-refractivity contribution in [2.45, 2.75) is 37.9 Å². The second kappa shape index (κ2) is 6.85. The Bertz CT molecular complexity index is 605. The minimum absolute atomic E-state index is 0.194.